The smallest absolute Gasteiger partial charge is 0.359 e. The summed E-state index contributed by atoms with van der Waals surface area (Å²) < 4.78 is 36.9. The van der Waals surface area contributed by atoms with Gasteiger partial charge in [0.15, 0.2) is 0 Å². The Labute approximate surface area is 239 Å². The van der Waals surface area contributed by atoms with Crippen LogP contribution in [-0.4, -0.2) is 19.1 Å². The van der Waals surface area contributed by atoms with Crippen LogP contribution in [0, 0.1) is 5.92 Å². The first-order valence-corrected chi connectivity index (χ1v) is 13.6. The molecule has 3 aromatic rings. The van der Waals surface area contributed by atoms with Crippen LogP contribution in [-0.2, 0) is 11.2 Å². The van der Waals surface area contributed by atoms with Crippen LogP contribution >= 0.6 is 11.6 Å². The fourth-order valence-electron chi connectivity index (χ4n) is 4.04. The Morgan fingerprint density at radius 1 is 1.02 bits per heavy atom. The molecule has 1 unspecified atom stereocenters. The molecule has 3 N–H and O–H groups in total. The van der Waals surface area contributed by atoms with Crippen molar-refractivity contribution in [2.45, 2.75) is 45.3 Å². The summed E-state index contributed by atoms with van der Waals surface area (Å²) >= 11 is 6.00. The van der Waals surface area contributed by atoms with Crippen molar-refractivity contribution in [2.24, 2.45) is 5.92 Å². The van der Waals surface area contributed by atoms with E-state index in [4.69, 9.17) is 11.6 Å². The van der Waals surface area contributed by atoms with E-state index in [1.807, 2.05) is 73.7 Å². The maximum atomic E-state index is 12.3. The standard InChI is InChI=1S/C18H19ClN2O.C14H16F3N/c19-16-8-6-14(7-9-16)18(20-11-13-4-5-13)15-2-1-3-17(10-15)21-12-22;1-4-12-6-5-7-13(9-12)18-11(3)8-10(2)14(15,16)17/h1-3,6-10,12-13,18,20H,4-5,11H2,(H,21,22);5-9,18H,2,4H2,1,3H3/b;11-8-. The van der Waals surface area contributed by atoms with E-state index in [2.05, 4.69) is 28.6 Å². The van der Waals surface area contributed by atoms with Crippen LogP contribution in [0.3, 0.4) is 0 Å². The third-order valence-corrected chi connectivity index (χ3v) is 6.64. The van der Waals surface area contributed by atoms with E-state index in [0.717, 1.165) is 52.5 Å². The molecule has 0 spiro atoms. The molecule has 1 aliphatic rings. The lowest BCUT2D eigenvalue weighted by Crippen LogP contribution is -2.24. The Bertz CT molecular complexity index is 1300. The lowest BCUT2D eigenvalue weighted by molar-refractivity contribution is -0.105. The Morgan fingerprint density at radius 2 is 1.70 bits per heavy atom. The van der Waals surface area contributed by atoms with E-state index in [-0.39, 0.29) is 6.04 Å². The Hall–Kier alpha value is -3.55. The van der Waals surface area contributed by atoms with Gasteiger partial charge in [-0.2, -0.15) is 13.2 Å². The molecule has 0 aliphatic heterocycles. The summed E-state index contributed by atoms with van der Waals surface area (Å²) in [6.07, 6.45) is 0.828. The summed E-state index contributed by atoms with van der Waals surface area (Å²) in [5, 5.41) is 10.0. The quantitative estimate of drug-likeness (QED) is 0.160. The van der Waals surface area contributed by atoms with E-state index in [1.54, 1.807) is 6.92 Å². The highest BCUT2D eigenvalue weighted by molar-refractivity contribution is 6.30. The first-order valence-electron chi connectivity index (χ1n) is 13.2. The Kier molecular flexibility index (Phi) is 11.4. The lowest BCUT2D eigenvalue weighted by atomic mass is 9.98. The average molecular weight is 570 g/mol. The largest absolute Gasteiger partial charge is 0.415 e. The second-order valence-corrected chi connectivity index (χ2v) is 10.2. The maximum Gasteiger partial charge on any atom is 0.415 e. The van der Waals surface area contributed by atoms with Crippen molar-refractivity contribution in [1.82, 2.24) is 5.32 Å². The van der Waals surface area contributed by atoms with E-state index >= 15 is 0 Å². The Balaban J connectivity index is 0.000000226. The molecule has 0 aromatic heterocycles. The summed E-state index contributed by atoms with van der Waals surface area (Å²) in [6, 6.07) is 23.5. The van der Waals surface area contributed by atoms with Crippen LogP contribution < -0.4 is 16.0 Å². The summed E-state index contributed by atoms with van der Waals surface area (Å²) in [7, 11) is 0. The van der Waals surface area contributed by atoms with E-state index in [0.29, 0.717) is 12.1 Å². The van der Waals surface area contributed by atoms with Crippen molar-refractivity contribution >= 4 is 29.4 Å². The number of rotatable bonds is 11. The molecular formula is C32H35ClF3N3O. The number of allylic oxidation sites excluding steroid dienone is 3. The number of hydrogen-bond acceptors (Lipinski definition) is 3. The number of amides is 1. The molecule has 1 amide bonds. The van der Waals surface area contributed by atoms with Gasteiger partial charge in [-0.25, -0.2) is 0 Å². The summed E-state index contributed by atoms with van der Waals surface area (Å²) in [5.74, 6) is 0.797. The monoisotopic (exact) mass is 569 g/mol. The van der Waals surface area contributed by atoms with Crippen LogP contribution in [0.2, 0.25) is 5.02 Å². The zero-order chi connectivity index (χ0) is 29.1. The van der Waals surface area contributed by atoms with Crippen molar-refractivity contribution < 1.29 is 18.0 Å². The van der Waals surface area contributed by atoms with Gasteiger partial charge in [-0.1, -0.05) is 61.5 Å². The van der Waals surface area contributed by atoms with Crippen molar-refractivity contribution in [3.8, 4) is 0 Å². The molecule has 0 heterocycles. The highest BCUT2D eigenvalue weighted by Crippen LogP contribution is 2.31. The minimum Gasteiger partial charge on any atom is -0.359 e. The van der Waals surface area contributed by atoms with Gasteiger partial charge in [0.2, 0.25) is 6.41 Å². The molecule has 1 atom stereocenters. The minimum absolute atomic E-state index is 0.103. The molecule has 0 bridgehead atoms. The van der Waals surface area contributed by atoms with Crippen molar-refractivity contribution in [3.63, 3.8) is 0 Å². The predicted octanol–water partition coefficient (Wildman–Crippen LogP) is 8.68. The minimum atomic E-state index is -4.38. The molecular weight excluding hydrogens is 535 g/mol. The molecule has 4 rings (SSSR count). The summed E-state index contributed by atoms with van der Waals surface area (Å²) in [5.41, 5.74) is 4.56. The molecule has 0 saturated heterocycles. The number of halogens is 4. The fourth-order valence-corrected chi connectivity index (χ4v) is 4.17. The highest BCUT2D eigenvalue weighted by atomic mass is 35.5. The summed E-state index contributed by atoms with van der Waals surface area (Å²) in [6.45, 7) is 7.61. The van der Waals surface area contributed by atoms with Gasteiger partial charge in [0.05, 0.1) is 11.6 Å². The molecule has 212 valence electrons. The van der Waals surface area contributed by atoms with Crippen LogP contribution in [0.1, 0.15) is 49.4 Å². The third-order valence-electron chi connectivity index (χ3n) is 6.39. The fraction of sp³-hybridized carbons (Fsp3) is 0.281. The predicted molar refractivity (Wildman–Crippen MR) is 159 cm³/mol. The summed E-state index contributed by atoms with van der Waals surface area (Å²) in [4.78, 5) is 10.6. The number of carbonyl (C=O) groups is 1. The van der Waals surface area contributed by atoms with Crippen molar-refractivity contribution in [2.75, 3.05) is 17.2 Å². The van der Waals surface area contributed by atoms with Crippen LogP contribution in [0.15, 0.2) is 96.7 Å². The van der Waals surface area contributed by atoms with E-state index < -0.39 is 11.7 Å². The Morgan fingerprint density at radius 3 is 2.33 bits per heavy atom. The normalized spacial score (nSPS) is 14.0. The van der Waals surface area contributed by atoms with Gasteiger partial charge in [0, 0.05) is 22.1 Å². The van der Waals surface area contributed by atoms with Gasteiger partial charge in [-0.05, 0) is 97.8 Å². The first kappa shape index (κ1) is 31.0. The van der Waals surface area contributed by atoms with Gasteiger partial charge in [0.25, 0.3) is 0 Å². The van der Waals surface area contributed by atoms with Gasteiger partial charge >= 0.3 is 6.18 Å². The topological polar surface area (TPSA) is 53.2 Å². The average Bonchev–Trinajstić information content (AvgIpc) is 3.75. The van der Waals surface area contributed by atoms with Crippen molar-refractivity contribution in [3.05, 3.63) is 118 Å². The zero-order valence-electron chi connectivity index (χ0n) is 22.7. The highest BCUT2D eigenvalue weighted by Gasteiger charge is 2.30. The first-order chi connectivity index (χ1) is 19.1. The van der Waals surface area contributed by atoms with Gasteiger partial charge < -0.3 is 16.0 Å². The number of alkyl halides is 3. The molecule has 1 saturated carbocycles. The molecule has 1 aliphatic carbocycles. The number of aryl methyl sites for hydroxylation is 1. The van der Waals surface area contributed by atoms with Crippen LogP contribution in [0.5, 0.6) is 0 Å². The van der Waals surface area contributed by atoms with Gasteiger partial charge in [-0.3, -0.25) is 4.79 Å². The lowest BCUT2D eigenvalue weighted by Gasteiger charge is -2.20. The third kappa shape index (κ3) is 10.2. The number of anilines is 2. The second kappa shape index (κ2) is 14.7. The molecule has 8 heteroatoms. The van der Waals surface area contributed by atoms with E-state index in [1.165, 1.54) is 18.4 Å². The van der Waals surface area contributed by atoms with E-state index in [9.17, 15) is 18.0 Å². The zero-order valence-corrected chi connectivity index (χ0v) is 23.4. The molecule has 0 radical (unpaired) electrons. The number of nitrogens with one attached hydrogen (secondary N) is 3. The second-order valence-electron chi connectivity index (χ2n) is 9.75. The SMILES string of the molecule is C=C(/C=C(/C)Nc1cccc(CC)c1)C(F)(F)F.O=CNc1cccc(C(NCC2CC2)c2ccc(Cl)cc2)c1. The number of benzene rings is 3. The van der Waals surface area contributed by atoms with Crippen LogP contribution in [0.4, 0.5) is 24.5 Å². The molecule has 1 fully saturated rings. The number of carbonyl (C=O) groups excluding carboxylic acids is 1. The molecule has 3 aromatic carbocycles. The van der Waals surface area contributed by atoms with Crippen LogP contribution in [0.25, 0.3) is 0 Å². The van der Waals surface area contributed by atoms with Gasteiger partial charge in [-0.15, -0.1) is 0 Å². The van der Waals surface area contributed by atoms with Crippen molar-refractivity contribution in [1.29, 1.82) is 0 Å². The molecule has 4 nitrogen and oxygen atoms in total. The van der Waals surface area contributed by atoms with Gasteiger partial charge in [0.1, 0.15) is 0 Å². The maximum absolute atomic E-state index is 12.3. The number of hydrogen-bond donors (Lipinski definition) is 3. The molecule has 40 heavy (non-hydrogen) atoms.